The van der Waals surface area contributed by atoms with E-state index in [4.69, 9.17) is 4.74 Å². The first-order valence-corrected chi connectivity index (χ1v) is 7.00. The Morgan fingerprint density at radius 1 is 1.10 bits per heavy atom. The van der Waals surface area contributed by atoms with Crippen LogP contribution in [0.2, 0.25) is 0 Å². The van der Waals surface area contributed by atoms with Gasteiger partial charge in [-0.05, 0) is 30.9 Å². The van der Waals surface area contributed by atoms with E-state index in [-0.39, 0.29) is 0 Å². The number of methoxy groups -OCH3 is 1. The van der Waals surface area contributed by atoms with Gasteiger partial charge in [0, 0.05) is 11.9 Å². The molecule has 0 bridgehead atoms. The predicted molar refractivity (Wildman–Crippen MR) is 85.9 cm³/mol. The number of rotatable bonds is 4. The fourth-order valence-electron chi connectivity index (χ4n) is 2.66. The van der Waals surface area contributed by atoms with Gasteiger partial charge in [-0.3, -0.25) is 5.10 Å². The molecule has 0 aliphatic rings. The lowest BCUT2D eigenvalue weighted by molar-refractivity contribution is 0.419. The molecule has 0 saturated carbocycles. The molecule has 0 spiro atoms. The topological polar surface area (TPSA) is 49.9 Å². The summed E-state index contributed by atoms with van der Waals surface area (Å²) in [5.41, 5.74) is 4.37. The predicted octanol–water partition coefficient (Wildman–Crippen LogP) is 3.80. The Bertz CT molecular complexity index is 757. The number of ether oxygens (including phenoxy) is 1. The SMILES string of the molecule is COc1ccc(CNc2c(C)n[nH]c2C)c2ccccc12. The monoisotopic (exact) mass is 281 g/mol. The Morgan fingerprint density at radius 2 is 1.86 bits per heavy atom. The summed E-state index contributed by atoms with van der Waals surface area (Å²) >= 11 is 0. The maximum atomic E-state index is 5.44. The number of aromatic nitrogens is 2. The molecule has 0 aliphatic heterocycles. The third-order valence-electron chi connectivity index (χ3n) is 3.78. The molecule has 0 saturated heterocycles. The third-order valence-corrected chi connectivity index (χ3v) is 3.78. The van der Waals surface area contributed by atoms with E-state index in [0.717, 1.165) is 34.8 Å². The molecule has 1 aromatic heterocycles. The van der Waals surface area contributed by atoms with Crippen LogP contribution in [0.3, 0.4) is 0 Å². The van der Waals surface area contributed by atoms with E-state index in [1.165, 1.54) is 10.9 Å². The van der Waals surface area contributed by atoms with Gasteiger partial charge in [0.05, 0.1) is 24.2 Å². The Kier molecular flexibility index (Phi) is 3.52. The second kappa shape index (κ2) is 5.48. The smallest absolute Gasteiger partial charge is 0.126 e. The number of nitrogens with zero attached hydrogens (tertiary/aromatic N) is 1. The van der Waals surface area contributed by atoms with Gasteiger partial charge in [0.15, 0.2) is 0 Å². The van der Waals surface area contributed by atoms with Gasteiger partial charge in [0.25, 0.3) is 0 Å². The van der Waals surface area contributed by atoms with Crippen molar-refractivity contribution in [3.05, 3.63) is 53.3 Å². The number of aromatic amines is 1. The maximum absolute atomic E-state index is 5.44. The normalized spacial score (nSPS) is 10.8. The number of nitrogens with one attached hydrogen (secondary N) is 2. The summed E-state index contributed by atoms with van der Waals surface area (Å²) in [7, 11) is 1.71. The minimum Gasteiger partial charge on any atom is -0.496 e. The zero-order valence-electron chi connectivity index (χ0n) is 12.5. The van der Waals surface area contributed by atoms with Crippen molar-refractivity contribution in [2.75, 3.05) is 12.4 Å². The van der Waals surface area contributed by atoms with E-state index in [9.17, 15) is 0 Å². The number of aryl methyl sites for hydroxylation is 2. The Labute approximate surface area is 124 Å². The van der Waals surface area contributed by atoms with Gasteiger partial charge in [0.1, 0.15) is 5.75 Å². The maximum Gasteiger partial charge on any atom is 0.126 e. The molecule has 0 fully saturated rings. The molecule has 4 heteroatoms. The minimum atomic E-state index is 0.756. The Hall–Kier alpha value is -2.49. The number of hydrogen-bond donors (Lipinski definition) is 2. The Morgan fingerprint density at radius 3 is 2.52 bits per heavy atom. The third kappa shape index (κ3) is 2.44. The first-order valence-electron chi connectivity index (χ1n) is 7.00. The fourth-order valence-corrected chi connectivity index (χ4v) is 2.66. The van der Waals surface area contributed by atoms with Crippen LogP contribution in [0.15, 0.2) is 36.4 Å². The molecule has 3 aromatic rings. The van der Waals surface area contributed by atoms with Crippen molar-refractivity contribution < 1.29 is 4.74 Å². The number of fused-ring (bicyclic) bond motifs is 1. The van der Waals surface area contributed by atoms with Gasteiger partial charge in [-0.2, -0.15) is 5.10 Å². The summed E-state index contributed by atoms with van der Waals surface area (Å²) in [4.78, 5) is 0. The van der Waals surface area contributed by atoms with Crippen LogP contribution < -0.4 is 10.1 Å². The van der Waals surface area contributed by atoms with Gasteiger partial charge >= 0.3 is 0 Å². The van der Waals surface area contributed by atoms with Crippen LogP contribution in [0.1, 0.15) is 17.0 Å². The molecular formula is C17H19N3O. The molecular weight excluding hydrogens is 262 g/mol. The standard InChI is InChI=1S/C17H19N3O/c1-11-17(12(2)20-19-11)18-10-13-8-9-16(21-3)15-7-5-4-6-14(13)15/h4-9,18H,10H2,1-3H3,(H,19,20). The molecule has 2 aromatic carbocycles. The van der Waals surface area contributed by atoms with Crippen LogP contribution in [0.5, 0.6) is 5.75 Å². The molecule has 108 valence electrons. The van der Waals surface area contributed by atoms with Crippen LogP contribution in [-0.4, -0.2) is 17.3 Å². The largest absolute Gasteiger partial charge is 0.496 e. The van der Waals surface area contributed by atoms with E-state index in [1.807, 2.05) is 26.0 Å². The average molecular weight is 281 g/mol. The fraction of sp³-hybridized carbons (Fsp3) is 0.235. The van der Waals surface area contributed by atoms with Gasteiger partial charge in [-0.1, -0.05) is 30.3 Å². The van der Waals surface area contributed by atoms with Gasteiger partial charge < -0.3 is 10.1 Å². The lowest BCUT2D eigenvalue weighted by Crippen LogP contribution is -2.02. The Balaban J connectivity index is 1.95. The van der Waals surface area contributed by atoms with Crippen molar-refractivity contribution in [3.8, 4) is 5.75 Å². The molecule has 0 atom stereocenters. The molecule has 3 rings (SSSR count). The van der Waals surface area contributed by atoms with Crippen molar-refractivity contribution in [1.29, 1.82) is 0 Å². The van der Waals surface area contributed by atoms with Crippen molar-refractivity contribution in [1.82, 2.24) is 10.2 Å². The van der Waals surface area contributed by atoms with Crippen LogP contribution in [0, 0.1) is 13.8 Å². The average Bonchev–Trinajstić information content (AvgIpc) is 2.83. The second-order valence-corrected chi connectivity index (χ2v) is 5.14. The van der Waals surface area contributed by atoms with Crippen molar-refractivity contribution in [2.45, 2.75) is 20.4 Å². The van der Waals surface area contributed by atoms with E-state index >= 15 is 0 Å². The second-order valence-electron chi connectivity index (χ2n) is 5.14. The highest BCUT2D eigenvalue weighted by Crippen LogP contribution is 2.29. The molecule has 21 heavy (non-hydrogen) atoms. The summed E-state index contributed by atoms with van der Waals surface area (Å²) in [6.45, 7) is 4.78. The highest BCUT2D eigenvalue weighted by atomic mass is 16.5. The lowest BCUT2D eigenvalue weighted by Gasteiger charge is -2.12. The molecule has 0 unspecified atom stereocenters. The van der Waals surface area contributed by atoms with Crippen molar-refractivity contribution in [2.24, 2.45) is 0 Å². The van der Waals surface area contributed by atoms with E-state index < -0.39 is 0 Å². The first-order chi connectivity index (χ1) is 10.2. The van der Waals surface area contributed by atoms with E-state index in [2.05, 4.69) is 39.8 Å². The van der Waals surface area contributed by atoms with Crippen LogP contribution in [-0.2, 0) is 6.54 Å². The lowest BCUT2D eigenvalue weighted by atomic mass is 10.0. The quantitative estimate of drug-likeness (QED) is 0.764. The summed E-state index contributed by atoms with van der Waals surface area (Å²) in [6.07, 6.45) is 0. The highest BCUT2D eigenvalue weighted by Gasteiger charge is 2.08. The molecule has 1 heterocycles. The molecule has 0 amide bonds. The van der Waals surface area contributed by atoms with Crippen LogP contribution in [0.25, 0.3) is 10.8 Å². The van der Waals surface area contributed by atoms with Crippen LogP contribution >= 0.6 is 0 Å². The van der Waals surface area contributed by atoms with Crippen molar-refractivity contribution in [3.63, 3.8) is 0 Å². The first kappa shape index (κ1) is 13.5. The van der Waals surface area contributed by atoms with Crippen molar-refractivity contribution >= 4 is 16.5 Å². The summed E-state index contributed by atoms with van der Waals surface area (Å²) in [5.74, 6) is 0.907. The summed E-state index contributed by atoms with van der Waals surface area (Å²) in [5, 5.41) is 13.0. The van der Waals surface area contributed by atoms with Gasteiger partial charge in [0.2, 0.25) is 0 Å². The molecule has 4 nitrogen and oxygen atoms in total. The van der Waals surface area contributed by atoms with Gasteiger partial charge in [-0.15, -0.1) is 0 Å². The number of H-pyrrole nitrogens is 1. The van der Waals surface area contributed by atoms with E-state index in [1.54, 1.807) is 7.11 Å². The summed E-state index contributed by atoms with van der Waals surface area (Å²) < 4.78 is 5.44. The number of hydrogen-bond acceptors (Lipinski definition) is 3. The summed E-state index contributed by atoms with van der Waals surface area (Å²) in [6, 6.07) is 12.4. The van der Waals surface area contributed by atoms with E-state index in [0.29, 0.717) is 0 Å². The molecule has 2 N–H and O–H groups in total. The number of benzene rings is 2. The van der Waals surface area contributed by atoms with Gasteiger partial charge in [-0.25, -0.2) is 0 Å². The number of anilines is 1. The van der Waals surface area contributed by atoms with Crippen LogP contribution in [0.4, 0.5) is 5.69 Å². The zero-order chi connectivity index (χ0) is 14.8. The minimum absolute atomic E-state index is 0.756. The zero-order valence-corrected chi connectivity index (χ0v) is 12.5. The molecule has 0 aliphatic carbocycles. The molecule has 0 radical (unpaired) electrons. The highest BCUT2D eigenvalue weighted by molar-refractivity contribution is 5.91.